The molecule has 94 valence electrons. The Kier molecular flexibility index (Phi) is 5.22. The third kappa shape index (κ3) is 4.69. The van der Waals surface area contributed by atoms with Gasteiger partial charge >= 0.3 is 6.09 Å². The molecule has 3 N–H and O–H groups in total. The summed E-state index contributed by atoms with van der Waals surface area (Å²) in [6.45, 7) is 0.723. The fourth-order valence-corrected chi connectivity index (χ4v) is 1.31. The maximum absolute atomic E-state index is 13.0. The van der Waals surface area contributed by atoms with Gasteiger partial charge in [-0.15, -0.1) is 0 Å². The molecule has 0 aromatic heterocycles. The van der Waals surface area contributed by atoms with Crippen molar-refractivity contribution < 1.29 is 18.7 Å². The Hall–Kier alpha value is -1.82. The lowest BCUT2D eigenvalue weighted by Gasteiger charge is -2.11. The summed E-state index contributed by atoms with van der Waals surface area (Å²) in [6, 6.07) is 4.23. The molecule has 0 unspecified atom stereocenters. The van der Waals surface area contributed by atoms with Crippen molar-refractivity contribution in [1.82, 2.24) is 5.32 Å². The molecule has 0 aliphatic heterocycles. The summed E-state index contributed by atoms with van der Waals surface area (Å²) in [5.74, 6) is 0.227. The maximum Gasteiger partial charge on any atom is 0.404 e. The van der Waals surface area contributed by atoms with Gasteiger partial charge in [-0.25, -0.2) is 9.18 Å². The molecule has 6 heteroatoms. The Morgan fingerprint density at radius 3 is 2.88 bits per heavy atom. The number of rotatable bonds is 6. The molecule has 0 saturated carbocycles. The van der Waals surface area contributed by atoms with Gasteiger partial charge in [0.1, 0.15) is 24.8 Å². The number of carbonyl (C=O) groups excluding carboxylic acids is 1. The number of hydrogen-bond donors (Lipinski definition) is 2. The molecule has 0 aliphatic rings. The third-order valence-electron chi connectivity index (χ3n) is 1.97. The van der Waals surface area contributed by atoms with Crippen LogP contribution in [0.2, 0.25) is 0 Å². The summed E-state index contributed by atoms with van der Waals surface area (Å²) in [4.78, 5) is 10.3. The normalized spacial score (nSPS) is 10.0. The van der Waals surface area contributed by atoms with Gasteiger partial charge in [0.15, 0.2) is 0 Å². The van der Waals surface area contributed by atoms with E-state index in [-0.39, 0.29) is 19.0 Å². The number of nitrogens with one attached hydrogen (secondary N) is 1. The Morgan fingerprint density at radius 2 is 2.24 bits per heavy atom. The zero-order valence-electron chi connectivity index (χ0n) is 9.53. The molecule has 0 atom stereocenters. The number of nitrogens with two attached hydrogens (primary N) is 1. The predicted octanol–water partition coefficient (Wildman–Crippen LogP) is 1.02. The lowest BCUT2D eigenvalue weighted by molar-refractivity contribution is 0.133. The average molecular weight is 242 g/mol. The van der Waals surface area contributed by atoms with E-state index in [1.807, 2.05) is 0 Å². The Morgan fingerprint density at radius 1 is 1.47 bits per heavy atom. The molecule has 1 aromatic rings. The van der Waals surface area contributed by atoms with Gasteiger partial charge in [-0.05, 0) is 25.2 Å². The van der Waals surface area contributed by atoms with E-state index in [9.17, 15) is 9.18 Å². The molecule has 0 radical (unpaired) electrons. The third-order valence-corrected chi connectivity index (χ3v) is 1.97. The van der Waals surface area contributed by atoms with E-state index < -0.39 is 6.09 Å². The summed E-state index contributed by atoms with van der Waals surface area (Å²) in [5, 5.41) is 2.91. The summed E-state index contributed by atoms with van der Waals surface area (Å²) < 4.78 is 22.9. The molecule has 0 bridgehead atoms. The highest BCUT2D eigenvalue weighted by molar-refractivity contribution is 5.64. The van der Waals surface area contributed by atoms with Crippen LogP contribution >= 0.6 is 0 Å². The van der Waals surface area contributed by atoms with Crippen LogP contribution < -0.4 is 15.8 Å². The molecular weight excluding hydrogens is 227 g/mol. The van der Waals surface area contributed by atoms with Crippen LogP contribution in [0.3, 0.4) is 0 Å². The Bertz CT molecular complexity index is 385. The van der Waals surface area contributed by atoms with Crippen LogP contribution in [-0.4, -0.2) is 26.4 Å². The maximum atomic E-state index is 13.0. The van der Waals surface area contributed by atoms with Gasteiger partial charge in [-0.1, -0.05) is 0 Å². The number of halogens is 1. The number of primary amides is 1. The van der Waals surface area contributed by atoms with E-state index in [1.54, 1.807) is 7.05 Å². The van der Waals surface area contributed by atoms with Crippen LogP contribution in [0.5, 0.6) is 5.75 Å². The van der Waals surface area contributed by atoms with Crippen molar-refractivity contribution in [2.24, 2.45) is 5.73 Å². The summed E-state index contributed by atoms with van der Waals surface area (Å²) in [6.07, 6.45) is -0.844. The average Bonchev–Trinajstić information content (AvgIpc) is 2.27. The van der Waals surface area contributed by atoms with Crippen molar-refractivity contribution in [2.75, 3.05) is 20.3 Å². The zero-order valence-corrected chi connectivity index (χ0v) is 9.53. The molecule has 0 heterocycles. The molecule has 1 rings (SSSR count). The Labute approximate surface area is 98.7 Å². The van der Waals surface area contributed by atoms with Crippen molar-refractivity contribution in [1.29, 1.82) is 0 Å². The van der Waals surface area contributed by atoms with E-state index >= 15 is 0 Å². The molecule has 0 aliphatic carbocycles. The highest BCUT2D eigenvalue weighted by Crippen LogP contribution is 2.19. The second-order valence-electron chi connectivity index (χ2n) is 3.30. The topological polar surface area (TPSA) is 73.6 Å². The van der Waals surface area contributed by atoms with Gasteiger partial charge in [0.05, 0.1) is 0 Å². The van der Waals surface area contributed by atoms with Crippen molar-refractivity contribution >= 4 is 6.09 Å². The zero-order chi connectivity index (χ0) is 12.7. The summed E-state index contributed by atoms with van der Waals surface area (Å²) >= 11 is 0. The molecule has 0 spiro atoms. The van der Waals surface area contributed by atoms with Gasteiger partial charge in [-0.2, -0.15) is 0 Å². The summed E-state index contributed by atoms with van der Waals surface area (Å²) in [5.41, 5.74) is 5.49. The molecule has 1 amide bonds. The molecule has 0 fully saturated rings. The van der Waals surface area contributed by atoms with Crippen LogP contribution in [0.1, 0.15) is 5.56 Å². The second kappa shape index (κ2) is 6.70. The smallest absolute Gasteiger partial charge is 0.404 e. The van der Waals surface area contributed by atoms with Crippen molar-refractivity contribution in [3.8, 4) is 5.75 Å². The Balaban J connectivity index is 2.54. The SMILES string of the molecule is CNCc1cc(F)ccc1OCCOC(N)=O. The minimum absolute atomic E-state index is 0.0612. The molecular formula is C11H15FN2O3. The van der Waals surface area contributed by atoms with E-state index in [2.05, 4.69) is 10.1 Å². The minimum Gasteiger partial charge on any atom is -0.490 e. The minimum atomic E-state index is -0.844. The molecule has 5 nitrogen and oxygen atoms in total. The lowest BCUT2D eigenvalue weighted by Crippen LogP contribution is -2.18. The van der Waals surface area contributed by atoms with E-state index in [0.717, 1.165) is 0 Å². The lowest BCUT2D eigenvalue weighted by atomic mass is 10.2. The largest absolute Gasteiger partial charge is 0.490 e. The van der Waals surface area contributed by atoms with Gasteiger partial charge in [0.2, 0.25) is 0 Å². The molecule has 1 aromatic carbocycles. The molecule has 0 saturated heterocycles. The first kappa shape index (κ1) is 13.2. The van der Waals surface area contributed by atoms with Gasteiger partial charge in [0, 0.05) is 12.1 Å². The monoisotopic (exact) mass is 242 g/mol. The van der Waals surface area contributed by atoms with Crippen molar-refractivity contribution in [3.63, 3.8) is 0 Å². The summed E-state index contributed by atoms with van der Waals surface area (Å²) in [7, 11) is 1.75. The highest BCUT2D eigenvalue weighted by atomic mass is 19.1. The van der Waals surface area contributed by atoms with Gasteiger partial charge in [0.25, 0.3) is 0 Å². The van der Waals surface area contributed by atoms with Gasteiger partial charge in [-0.3, -0.25) is 0 Å². The van der Waals surface area contributed by atoms with Crippen LogP contribution in [0.4, 0.5) is 9.18 Å². The standard InChI is InChI=1S/C11H15FN2O3/c1-14-7-8-6-9(12)2-3-10(8)16-4-5-17-11(13)15/h2-3,6,14H,4-5,7H2,1H3,(H2,13,15). The number of hydrogen-bond acceptors (Lipinski definition) is 4. The number of ether oxygens (including phenoxy) is 2. The van der Waals surface area contributed by atoms with Crippen LogP contribution in [-0.2, 0) is 11.3 Å². The number of amides is 1. The fraction of sp³-hybridized carbons (Fsp3) is 0.364. The quantitative estimate of drug-likeness (QED) is 0.730. The predicted molar refractivity (Wildman–Crippen MR) is 60.2 cm³/mol. The van der Waals surface area contributed by atoms with E-state index in [4.69, 9.17) is 10.5 Å². The van der Waals surface area contributed by atoms with Crippen LogP contribution in [0.15, 0.2) is 18.2 Å². The van der Waals surface area contributed by atoms with E-state index in [1.165, 1.54) is 18.2 Å². The van der Waals surface area contributed by atoms with Crippen molar-refractivity contribution in [2.45, 2.75) is 6.54 Å². The second-order valence-corrected chi connectivity index (χ2v) is 3.30. The highest BCUT2D eigenvalue weighted by Gasteiger charge is 2.05. The van der Waals surface area contributed by atoms with Crippen molar-refractivity contribution in [3.05, 3.63) is 29.6 Å². The van der Waals surface area contributed by atoms with Crippen LogP contribution in [0, 0.1) is 5.82 Å². The number of carbonyl (C=O) groups is 1. The van der Waals surface area contributed by atoms with Crippen LogP contribution in [0.25, 0.3) is 0 Å². The number of benzene rings is 1. The van der Waals surface area contributed by atoms with E-state index in [0.29, 0.717) is 17.9 Å². The first-order chi connectivity index (χ1) is 8.13. The fourth-order valence-electron chi connectivity index (χ4n) is 1.31. The van der Waals surface area contributed by atoms with Gasteiger partial charge < -0.3 is 20.5 Å². The molecule has 17 heavy (non-hydrogen) atoms. The first-order valence-corrected chi connectivity index (χ1v) is 5.11. The first-order valence-electron chi connectivity index (χ1n) is 5.11.